The van der Waals surface area contributed by atoms with Crippen LogP contribution in [-0.2, 0) is 15.1 Å². The molecule has 1 aliphatic heterocycles. The molecule has 1 aromatic heterocycles. The molecule has 0 aromatic carbocycles. The lowest BCUT2D eigenvalue weighted by molar-refractivity contribution is -0.0949. The van der Waals surface area contributed by atoms with E-state index >= 15 is 0 Å². The van der Waals surface area contributed by atoms with Gasteiger partial charge in [0.25, 0.3) is 0 Å². The summed E-state index contributed by atoms with van der Waals surface area (Å²) in [6, 6.07) is 0.286. The molecule has 17 heavy (non-hydrogen) atoms. The molecule has 1 aliphatic rings. The van der Waals surface area contributed by atoms with Crippen molar-refractivity contribution in [1.29, 1.82) is 0 Å². The Morgan fingerprint density at radius 1 is 1.53 bits per heavy atom. The van der Waals surface area contributed by atoms with E-state index in [9.17, 15) is 0 Å². The van der Waals surface area contributed by atoms with E-state index in [-0.39, 0.29) is 11.6 Å². The fraction of sp³-hybridized carbons (Fsp3) is 0.750. The maximum atomic E-state index is 5.74. The Labute approximate surface area is 106 Å². The Bertz CT molecular complexity index is 361. The van der Waals surface area contributed by atoms with Crippen LogP contribution in [0.2, 0.25) is 0 Å². The van der Waals surface area contributed by atoms with E-state index in [0.717, 1.165) is 36.8 Å². The molecule has 0 bridgehead atoms. The van der Waals surface area contributed by atoms with Crippen molar-refractivity contribution in [3.8, 4) is 0 Å². The molecular weight excluding hydrogens is 236 g/mol. The van der Waals surface area contributed by atoms with Gasteiger partial charge in [0.05, 0.1) is 5.69 Å². The van der Waals surface area contributed by atoms with E-state index < -0.39 is 0 Å². The van der Waals surface area contributed by atoms with Crippen LogP contribution >= 0.6 is 11.3 Å². The summed E-state index contributed by atoms with van der Waals surface area (Å²) in [5, 5.41) is 6.41. The number of nitrogens with zero attached hydrogens (tertiary/aromatic N) is 1. The largest absolute Gasteiger partial charge is 0.381 e. The Hall–Kier alpha value is -0.490. The molecule has 1 saturated heterocycles. The molecule has 0 spiro atoms. The standard InChI is InChI=1S/C12H20N2O2S/c1-9(13-2)10-8-17-11(14-10)12(15-3)4-6-16-7-5-12/h8-9,13H,4-7H2,1-3H3. The summed E-state index contributed by atoms with van der Waals surface area (Å²) in [5.74, 6) is 0. The van der Waals surface area contributed by atoms with Gasteiger partial charge in [0.15, 0.2) is 0 Å². The third kappa shape index (κ3) is 2.52. The van der Waals surface area contributed by atoms with E-state index in [4.69, 9.17) is 14.5 Å². The first-order chi connectivity index (χ1) is 8.22. The van der Waals surface area contributed by atoms with E-state index in [1.54, 1.807) is 18.4 Å². The fourth-order valence-electron chi connectivity index (χ4n) is 2.05. The third-order valence-electron chi connectivity index (χ3n) is 3.48. The van der Waals surface area contributed by atoms with Crippen molar-refractivity contribution in [2.45, 2.75) is 31.4 Å². The number of thiazole rings is 1. The molecule has 0 radical (unpaired) electrons. The summed E-state index contributed by atoms with van der Waals surface area (Å²) in [6.45, 7) is 3.62. The zero-order valence-corrected chi connectivity index (χ0v) is 11.5. The lowest BCUT2D eigenvalue weighted by Gasteiger charge is -2.33. The smallest absolute Gasteiger partial charge is 0.125 e. The van der Waals surface area contributed by atoms with Gasteiger partial charge in [-0.25, -0.2) is 4.98 Å². The van der Waals surface area contributed by atoms with Crippen LogP contribution in [0, 0.1) is 0 Å². The molecule has 1 fully saturated rings. The van der Waals surface area contributed by atoms with Crippen molar-refractivity contribution in [2.24, 2.45) is 0 Å². The number of methoxy groups -OCH3 is 1. The molecule has 2 rings (SSSR count). The summed E-state index contributed by atoms with van der Waals surface area (Å²) < 4.78 is 11.1. The van der Waals surface area contributed by atoms with Gasteiger partial charge in [-0.1, -0.05) is 0 Å². The lowest BCUT2D eigenvalue weighted by Crippen LogP contribution is -2.35. The quantitative estimate of drug-likeness (QED) is 0.895. The molecule has 96 valence electrons. The van der Waals surface area contributed by atoms with Crippen molar-refractivity contribution in [3.05, 3.63) is 16.1 Å². The van der Waals surface area contributed by atoms with Gasteiger partial charge in [-0.05, 0) is 14.0 Å². The zero-order valence-electron chi connectivity index (χ0n) is 10.7. The molecule has 1 atom stereocenters. The summed E-state index contributed by atoms with van der Waals surface area (Å²) >= 11 is 1.69. The average Bonchev–Trinajstić information content (AvgIpc) is 2.88. The van der Waals surface area contributed by atoms with Crippen LogP contribution in [-0.4, -0.2) is 32.4 Å². The predicted molar refractivity (Wildman–Crippen MR) is 68.3 cm³/mol. The van der Waals surface area contributed by atoms with Crippen LogP contribution < -0.4 is 5.32 Å². The molecule has 1 N–H and O–H groups in total. The minimum Gasteiger partial charge on any atom is -0.381 e. The normalized spacial score (nSPS) is 21.4. The molecule has 1 aromatic rings. The van der Waals surface area contributed by atoms with Crippen LogP contribution in [0.5, 0.6) is 0 Å². The summed E-state index contributed by atoms with van der Waals surface area (Å²) in [7, 11) is 3.72. The number of rotatable bonds is 4. The van der Waals surface area contributed by atoms with E-state index in [0.29, 0.717) is 0 Å². The van der Waals surface area contributed by atoms with E-state index in [2.05, 4.69) is 17.6 Å². The van der Waals surface area contributed by atoms with Crippen molar-refractivity contribution in [2.75, 3.05) is 27.4 Å². The van der Waals surface area contributed by atoms with Gasteiger partial charge < -0.3 is 14.8 Å². The Kier molecular flexibility index (Phi) is 4.14. The second-order valence-electron chi connectivity index (χ2n) is 4.40. The molecule has 4 nitrogen and oxygen atoms in total. The average molecular weight is 256 g/mol. The highest BCUT2D eigenvalue weighted by atomic mass is 32.1. The monoisotopic (exact) mass is 256 g/mol. The van der Waals surface area contributed by atoms with Crippen molar-refractivity contribution >= 4 is 11.3 Å². The van der Waals surface area contributed by atoms with Gasteiger partial charge in [0, 0.05) is 44.6 Å². The summed E-state index contributed by atoms with van der Waals surface area (Å²) in [4.78, 5) is 4.72. The minimum absolute atomic E-state index is 0.228. The first-order valence-electron chi connectivity index (χ1n) is 5.98. The molecule has 5 heteroatoms. The Morgan fingerprint density at radius 3 is 2.82 bits per heavy atom. The van der Waals surface area contributed by atoms with Gasteiger partial charge in [-0.15, -0.1) is 11.3 Å². The number of hydrogen-bond donors (Lipinski definition) is 1. The number of ether oxygens (including phenoxy) is 2. The van der Waals surface area contributed by atoms with Crippen LogP contribution in [0.4, 0.5) is 0 Å². The highest BCUT2D eigenvalue weighted by Crippen LogP contribution is 2.37. The second-order valence-corrected chi connectivity index (χ2v) is 5.26. The first kappa shape index (κ1) is 13.0. The maximum Gasteiger partial charge on any atom is 0.125 e. The maximum absolute atomic E-state index is 5.74. The Morgan fingerprint density at radius 2 is 2.24 bits per heavy atom. The molecular formula is C12H20N2O2S. The number of nitrogens with one attached hydrogen (secondary N) is 1. The number of hydrogen-bond acceptors (Lipinski definition) is 5. The highest BCUT2D eigenvalue weighted by Gasteiger charge is 2.37. The van der Waals surface area contributed by atoms with E-state index in [1.807, 2.05) is 7.05 Å². The van der Waals surface area contributed by atoms with Gasteiger partial charge in [-0.3, -0.25) is 0 Å². The van der Waals surface area contributed by atoms with E-state index in [1.165, 1.54) is 0 Å². The summed E-state index contributed by atoms with van der Waals surface area (Å²) in [6.07, 6.45) is 1.79. The molecule has 0 aliphatic carbocycles. The van der Waals surface area contributed by atoms with Gasteiger partial charge in [0.2, 0.25) is 0 Å². The van der Waals surface area contributed by atoms with Crippen LogP contribution in [0.15, 0.2) is 5.38 Å². The van der Waals surface area contributed by atoms with Crippen LogP contribution in [0.25, 0.3) is 0 Å². The molecule has 1 unspecified atom stereocenters. The van der Waals surface area contributed by atoms with Crippen molar-refractivity contribution in [1.82, 2.24) is 10.3 Å². The SMILES string of the molecule is CNC(C)c1csc(C2(OC)CCOCC2)n1. The van der Waals surface area contributed by atoms with Crippen LogP contribution in [0.3, 0.4) is 0 Å². The number of aromatic nitrogens is 1. The van der Waals surface area contributed by atoms with Gasteiger partial charge >= 0.3 is 0 Å². The molecule has 0 saturated carbocycles. The highest BCUT2D eigenvalue weighted by molar-refractivity contribution is 7.09. The Balaban J connectivity index is 2.22. The zero-order chi connectivity index (χ0) is 12.3. The first-order valence-corrected chi connectivity index (χ1v) is 6.86. The van der Waals surface area contributed by atoms with Gasteiger partial charge in [0.1, 0.15) is 10.6 Å². The summed E-state index contributed by atoms with van der Waals surface area (Å²) in [5.41, 5.74) is 0.865. The van der Waals surface area contributed by atoms with Crippen LogP contribution in [0.1, 0.15) is 36.5 Å². The molecule has 2 heterocycles. The topological polar surface area (TPSA) is 43.4 Å². The third-order valence-corrected chi connectivity index (χ3v) is 4.53. The van der Waals surface area contributed by atoms with Crippen molar-refractivity contribution < 1.29 is 9.47 Å². The second kappa shape index (κ2) is 5.44. The van der Waals surface area contributed by atoms with Gasteiger partial charge in [-0.2, -0.15) is 0 Å². The lowest BCUT2D eigenvalue weighted by atomic mass is 9.95. The van der Waals surface area contributed by atoms with Crippen molar-refractivity contribution in [3.63, 3.8) is 0 Å². The molecule has 0 amide bonds. The fourth-order valence-corrected chi connectivity index (χ4v) is 3.20. The predicted octanol–water partition coefficient (Wildman–Crippen LogP) is 2.08. The minimum atomic E-state index is -0.228.